The molecule has 0 saturated heterocycles. The molecule has 1 aromatic rings. The van der Waals surface area contributed by atoms with Crippen molar-refractivity contribution < 1.29 is 18.7 Å². The highest BCUT2D eigenvalue weighted by Gasteiger charge is 2.16. The van der Waals surface area contributed by atoms with Gasteiger partial charge in [0.1, 0.15) is 0 Å². The first-order valence-electron chi connectivity index (χ1n) is 4.20. The van der Waals surface area contributed by atoms with Crippen LogP contribution in [-0.2, 0) is 0 Å². The van der Waals surface area contributed by atoms with Crippen molar-refractivity contribution in [1.82, 2.24) is 0 Å². The Morgan fingerprint density at radius 3 is 2.67 bits per heavy atom. The van der Waals surface area contributed by atoms with Gasteiger partial charge in [0, 0.05) is 0 Å². The third-order valence-electron chi connectivity index (χ3n) is 1.73. The van der Waals surface area contributed by atoms with Crippen molar-refractivity contribution in [2.75, 3.05) is 6.61 Å². The summed E-state index contributed by atoms with van der Waals surface area (Å²) in [6.45, 7) is 1.87. The highest BCUT2D eigenvalue weighted by atomic mass is 19.2. The van der Waals surface area contributed by atoms with Crippen LogP contribution < -0.4 is 10.5 Å². The number of nitrogens with zero attached hydrogens (tertiary/aromatic N) is 1. The minimum Gasteiger partial charge on any atom is -0.491 e. The van der Waals surface area contributed by atoms with Crippen LogP contribution in [0.4, 0.5) is 8.78 Å². The molecule has 1 aromatic carbocycles. The molecule has 1 rings (SSSR count). The topological polar surface area (TPSA) is 67.8 Å². The lowest BCUT2D eigenvalue weighted by atomic mass is 10.2. The summed E-state index contributed by atoms with van der Waals surface area (Å²) in [5.41, 5.74) is 4.83. The molecular weight excluding hydrogens is 206 g/mol. The second-order valence-electron chi connectivity index (χ2n) is 2.66. The molecule has 3 N–H and O–H groups in total. The van der Waals surface area contributed by atoms with Crippen molar-refractivity contribution in [3.63, 3.8) is 0 Å². The number of hydrogen-bond acceptors (Lipinski definition) is 3. The number of nitrogens with two attached hydrogens (primary N) is 1. The van der Waals surface area contributed by atoms with Gasteiger partial charge in [0.05, 0.1) is 12.2 Å². The fourth-order valence-corrected chi connectivity index (χ4v) is 1.05. The zero-order valence-corrected chi connectivity index (χ0v) is 8.00. The summed E-state index contributed by atoms with van der Waals surface area (Å²) >= 11 is 0. The van der Waals surface area contributed by atoms with Gasteiger partial charge in [-0.05, 0) is 19.1 Å². The van der Waals surface area contributed by atoms with Crippen molar-refractivity contribution in [2.45, 2.75) is 6.92 Å². The molecule has 82 valence electrons. The largest absolute Gasteiger partial charge is 0.491 e. The Hall–Kier alpha value is -1.85. The fourth-order valence-electron chi connectivity index (χ4n) is 1.05. The Morgan fingerprint density at radius 2 is 2.13 bits per heavy atom. The van der Waals surface area contributed by atoms with E-state index in [0.717, 1.165) is 0 Å². The molecule has 0 heterocycles. The molecule has 0 aromatic heterocycles. The van der Waals surface area contributed by atoms with Gasteiger partial charge in [0.2, 0.25) is 5.82 Å². The van der Waals surface area contributed by atoms with Gasteiger partial charge < -0.3 is 15.7 Å². The molecule has 0 amide bonds. The average molecular weight is 216 g/mol. The summed E-state index contributed by atoms with van der Waals surface area (Å²) in [4.78, 5) is 0. The molecule has 15 heavy (non-hydrogen) atoms. The van der Waals surface area contributed by atoms with E-state index in [1.54, 1.807) is 6.92 Å². The van der Waals surface area contributed by atoms with Gasteiger partial charge in [-0.15, -0.1) is 0 Å². The lowest BCUT2D eigenvalue weighted by Crippen LogP contribution is -2.16. The summed E-state index contributed by atoms with van der Waals surface area (Å²) in [5.74, 6) is -3.05. The number of hydrogen-bond donors (Lipinski definition) is 2. The third kappa shape index (κ3) is 2.15. The predicted molar refractivity (Wildman–Crippen MR) is 50.0 cm³/mol. The van der Waals surface area contributed by atoms with E-state index in [-0.39, 0.29) is 17.9 Å². The van der Waals surface area contributed by atoms with Gasteiger partial charge in [-0.25, -0.2) is 4.39 Å². The predicted octanol–water partition coefficient (Wildman–Crippen LogP) is 1.46. The summed E-state index contributed by atoms with van der Waals surface area (Å²) in [6, 6.07) is 2.40. The van der Waals surface area contributed by atoms with Gasteiger partial charge in [-0.1, -0.05) is 5.16 Å². The van der Waals surface area contributed by atoms with Crippen LogP contribution in [0, 0.1) is 11.6 Å². The first-order chi connectivity index (χ1) is 7.11. The zero-order valence-electron chi connectivity index (χ0n) is 8.00. The van der Waals surface area contributed by atoms with Gasteiger partial charge in [-0.2, -0.15) is 4.39 Å². The van der Waals surface area contributed by atoms with E-state index in [2.05, 4.69) is 5.16 Å². The first kappa shape index (κ1) is 11.2. The Morgan fingerprint density at radius 1 is 1.47 bits per heavy atom. The first-order valence-corrected chi connectivity index (χ1v) is 4.20. The van der Waals surface area contributed by atoms with Gasteiger partial charge in [-0.3, -0.25) is 0 Å². The van der Waals surface area contributed by atoms with Gasteiger partial charge >= 0.3 is 0 Å². The molecule has 0 radical (unpaired) electrons. The lowest BCUT2D eigenvalue weighted by Gasteiger charge is -2.07. The van der Waals surface area contributed by atoms with Crippen LogP contribution in [0.3, 0.4) is 0 Å². The molecule has 6 heteroatoms. The number of rotatable bonds is 3. The molecule has 0 saturated carbocycles. The van der Waals surface area contributed by atoms with Crippen LogP contribution in [0.1, 0.15) is 12.5 Å². The summed E-state index contributed by atoms with van der Waals surface area (Å²) in [6.07, 6.45) is 0. The van der Waals surface area contributed by atoms with Crippen molar-refractivity contribution in [3.8, 4) is 5.75 Å². The molecular formula is C9H10F2N2O2. The van der Waals surface area contributed by atoms with Crippen LogP contribution >= 0.6 is 0 Å². The SMILES string of the molecule is CCOc1ccc(C(N)=NO)c(F)c1F. The van der Waals surface area contributed by atoms with Gasteiger partial charge in [0.15, 0.2) is 17.4 Å². The molecule has 0 fully saturated rings. The minimum atomic E-state index is -1.20. The second kappa shape index (κ2) is 4.59. The standard InChI is InChI=1S/C9H10F2N2O2/c1-2-15-6-4-3-5(9(12)13-14)7(10)8(6)11/h3-4,14H,2H2,1H3,(H2,12,13). The Balaban J connectivity index is 3.21. The Kier molecular flexibility index (Phi) is 3.43. The number of benzene rings is 1. The van der Waals surface area contributed by atoms with E-state index in [1.807, 2.05) is 0 Å². The summed E-state index contributed by atoms with van der Waals surface area (Å²) < 4.78 is 31.4. The molecule has 0 aliphatic rings. The van der Waals surface area contributed by atoms with Crippen molar-refractivity contribution in [1.29, 1.82) is 0 Å². The van der Waals surface area contributed by atoms with Crippen molar-refractivity contribution in [2.24, 2.45) is 10.9 Å². The lowest BCUT2D eigenvalue weighted by molar-refractivity contribution is 0.312. The Labute approximate surface area is 85.0 Å². The quantitative estimate of drug-likeness (QED) is 0.348. The van der Waals surface area contributed by atoms with Crippen LogP contribution in [0.2, 0.25) is 0 Å². The van der Waals surface area contributed by atoms with Crippen LogP contribution in [0.25, 0.3) is 0 Å². The highest BCUT2D eigenvalue weighted by molar-refractivity contribution is 5.97. The summed E-state index contributed by atoms with van der Waals surface area (Å²) in [7, 11) is 0. The zero-order chi connectivity index (χ0) is 11.4. The maximum absolute atomic E-state index is 13.3. The van der Waals surface area contributed by atoms with E-state index in [0.29, 0.717) is 0 Å². The number of halogens is 2. The van der Waals surface area contributed by atoms with E-state index >= 15 is 0 Å². The van der Waals surface area contributed by atoms with Crippen LogP contribution in [-0.4, -0.2) is 17.6 Å². The van der Waals surface area contributed by atoms with Gasteiger partial charge in [0.25, 0.3) is 0 Å². The number of ether oxygens (including phenoxy) is 1. The molecule has 0 aliphatic heterocycles. The minimum absolute atomic E-state index is 0.204. The van der Waals surface area contributed by atoms with E-state index in [1.165, 1.54) is 12.1 Å². The monoisotopic (exact) mass is 216 g/mol. The van der Waals surface area contributed by atoms with Crippen molar-refractivity contribution in [3.05, 3.63) is 29.3 Å². The second-order valence-corrected chi connectivity index (χ2v) is 2.66. The Bertz CT molecular complexity index is 394. The summed E-state index contributed by atoms with van der Waals surface area (Å²) in [5, 5.41) is 10.9. The fraction of sp³-hybridized carbons (Fsp3) is 0.222. The maximum atomic E-state index is 13.3. The van der Waals surface area contributed by atoms with E-state index < -0.39 is 17.5 Å². The molecule has 0 spiro atoms. The van der Waals surface area contributed by atoms with Crippen LogP contribution in [0.5, 0.6) is 5.75 Å². The molecule has 0 unspecified atom stereocenters. The average Bonchev–Trinajstić information content (AvgIpc) is 2.24. The molecule has 4 nitrogen and oxygen atoms in total. The number of oxime groups is 1. The normalized spacial score (nSPS) is 11.5. The molecule has 0 atom stereocenters. The highest BCUT2D eigenvalue weighted by Crippen LogP contribution is 2.22. The molecule has 0 aliphatic carbocycles. The maximum Gasteiger partial charge on any atom is 0.201 e. The van der Waals surface area contributed by atoms with E-state index in [4.69, 9.17) is 15.7 Å². The van der Waals surface area contributed by atoms with Crippen molar-refractivity contribution >= 4 is 5.84 Å². The third-order valence-corrected chi connectivity index (χ3v) is 1.73. The number of amidine groups is 1. The molecule has 0 bridgehead atoms. The van der Waals surface area contributed by atoms with Crippen LogP contribution in [0.15, 0.2) is 17.3 Å². The smallest absolute Gasteiger partial charge is 0.201 e. The van der Waals surface area contributed by atoms with E-state index in [9.17, 15) is 8.78 Å².